The van der Waals surface area contributed by atoms with Crippen molar-refractivity contribution in [2.75, 3.05) is 33.4 Å². The predicted octanol–water partition coefficient (Wildman–Crippen LogP) is 2.04. The molecule has 1 N–H and O–H groups in total. The first-order valence-electron chi connectivity index (χ1n) is 9.28. The standard InChI is InChI=1S/C20H24N2O6/c1-13-15-11-14(26-2)6-7-16(15)28-19(13)20(25)27-12-17(23)21-8-4-10-22-9-3-5-18(22)24/h6-7,11H,3-5,8-10,12H2,1-2H3,(H,21,23). The van der Waals surface area contributed by atoms with Gasteiger partial charge in [0.2, 0.25) is 11.7 Å². The van der Waals surface area contributed by atoms with Crippen molar-refractivity contribution in [1.82, 2.24) is 10.2 Å². The number of benzene rings is 1. The summed E-state index contributed by atoms with van der Waals surface area (Å²) in [5, 5.41) is 3.44. The lowest BCUT2D eigenvalue weighted by Crippen LogP contribution is -2.32. The fourth-order valence-corrected chi connectivity index (χ4v) is 3.21. The highest BCUT2D eigenvalue weighted by atomic mass is 16.5. The quantitative estimate of drug-likeness (QED) is 0.549. The number of amides is 2. The van der Waals surface area contributed by atoms with E-state index in [1.165, 1.54) is 0 Å². The number of esters is 1. The molecule has 0 bridgehead atoms. The molecular weight excluding hydrogens is 364 g/mol. The molecule has 1 fully saturated rings. The van der Waals surface area contributed by atoms with Gasteiger partial charge in [0.15, 0.2) is 6.61 Å². The van der Waals surface area contributed by atoms with Crippen LogP contribution >= 0.6 is 0 Å². The van der Waals surface area contributed by atoms with Crippen LogP contribution in [0.4, 0.5) is 0 Å². The van der Waals surface area contributed by atoms with E-state index in [9.17, 15) is 14.4 Å². The fourth-order valence-electron chi connectivity index (χ4n) is 3.21. The molecule has 1 aliphatic rings. The summed E-state index contributed by atoms with van der Waals surface area (Å²) in [6.07, 6.45) is 2.17. The number of hydrogen-bond donors (Lipinski definition) is 1. The summed E-state index contributed by atoms with van der Waals surface area (Å²) in [5.41, 5.74) is 1.18. The molecule has 1 aromatic carbocycles. The first kappa shape index (κ1) is 19.7. The van der Waals surface area contributed by atoms with Crippen molar-refractivity contribution in [2.24, 2.45) is 0 Å². The van der Waals surface area contributed by atoms with Gasteiger partial charge in [-0.25, -0.2) is 4.79 Å². The van der Waals surface area contributed by atoms with Crippen LogP contribution in [0.1, 0.15) is 35.4 Å². The predicted molar refractivity (Wildman–Crippen MR) is 101 cm³/mol. The first-order valence-corrected chi connectivity index (χ1v) is 9.28. The van der Waals surface area contributed by atoms with E-state index in [0.717, 1.165) is 18.4 Å². The molecule has 1 saturated heterocycles. The van der Waals surface area contributed by atoms with E-state index < -0.39 is 11.9 Å². The minimum absolute atomic E-state index is 0.0728. The second-order valence-electron chi connectivity index (χ2n) is 6.68. The number of carbonyl (C=O) groups is 3. The number of methoxy groups -OCH3 is 1. The number of aryl methyl sites for hydroxylation is 1. The molecule has 2 amide bonds. The Morgan fingerprint density at radius 1 is 1.32 bits per heavy atom. The lowest BCUT2D eigenvalue weighted by atomic mass is 10.1. The Labute approximate surface area is 162 Å². The number of fused-ring (bicyclic) bond motifs is 1. The van der Waals surface area contributed by atoms with Gasteiger partial charge in [0.25, 0.3) is 5.91 Å². The van der Waals surface area contributed by atoms with Gasteiger partial charge in [0, 0.05) is 37.0 Å². The Bertz CT molecular complexity index is 888. The highest BCUT2D eigenvalue weighted by Crippen LogP contribution is 2.29. The van der Waals surface area contributed by atoms with Gasteiger partial charge < -0.3 is 24.1 Å². The minimum Gasteiger partial charge on any atom is -0.497 e. The maximum atomic E-state index is 12.3. The summed E-state index contributed by atoms with van der Waals surface area (Å²) in [5.74, 6) is -0.184. The van der Waals surface area contributed by atoms with Crippen molar-refractivity contribution in [2.45, 2.75) is 26.2 Å². The number of ether oxygens (including phenoxy) is 2. The second kappa shape index (κ2) is 8.77. The molecule has 150 valence electrons. The summed E-state index contributed by atoms with van der Waals surface area (Å²) in [6, 6.07) is 5.24. The van der Waals surface area contributed by atoms with Crippen LogP contribution in [0.3, 0.4) is 0 Å². The Morgan fingerprint density at radius 2 is 2.14 bits per heavy atom. The van der Waals surface area contributed by atoms with Gasteiger partial charge in [-0.2, -0.15) is 0 Å². The summed E-state index contributed by atoms with van der Waals surface area (Å²) in [6.45, 7) is 3.19. The summed E-state index contributed by atoms with van der Waals surface area (Å²) < 4.78 is 15.8. The Hall–Kier alpha value is -3.03. The van der Waals surface area contributed by atoms with Gasteiger partial charge in [-0.15, -0.1) is 0 Å². The van der Waals surface area contributed by atoms with E-state index in [2.05, 4.69) is 5.32 Å². The summed E-state index contributed by atoms with van der Waals surface area (Å²) >= 11 is 0. The van der Waals surface area contributed by atoms with Crippen LogP contribution in [-0.4, -0.2) is 56.0 Å². The normalized spacial score (nSPS) is 13.8. The molecule has 0 spiro atoms. The van der Waals surface area contributed by atoms with Gasteiger partial charge in [0.05, 0.1) is 7.11 Å². The highest BCUT2D eigenvalue weighted by molar-refractivity contribution is 5.97. The van der Waals surface area contributed by atoms with Crippen molar-refractivity contribution >= 4 is 28.8 Å². The highest BCUT2D eigenvalue weighted by Gasteiger charge is 2.21. The van der Waals surface area contributed by atoms with Crippen LogP contribution in [0.2, 0.25) is 0 Å². The van der Waals surface area contributed by atoms with E-state index in [1.807, 2.05) is 0 Å². The van der Waals surface area contributed by atoms with Crippen molar-refractivity contribution < 1.29 is 28.3 Å². The molecule has 0 aliphatic carbocycles. The molecule has 1 aromatic heterocycles. The van der Waals surface area contributed by atoms with Crippen LogP contribution in [0, 0.1) is 6.92 Å². The van der Waals surface area contributed by atoms with Crippen LogP contribution < -0.4 is 10.1 Å². The molecule has 0 saturated carbocycles. The van der Waals surface area contributed by atoms with Gasteiger partial charge in [0.1, 0.15) is 11.3 Å². The topological polar surface area (TPSA) is 98.1 Å². The molecule has 28 heavy (non-hydrogen) atoms. The van der Waals surface area contributed by atoms with Gasteiger partial charge in [-0.05, 0) is 38.0 Å². The van der Waals surface area contributed by atoms with Gasteiger partial charge in [-0.1, -0.05) is 0 Å². The van der Waals surface area contributed by atoms with Crippen LogP contribution in [-0.2, 0) is 14.3 Å². The number of hydrogen-bond acceptors (Lipinski definition) is 6. The first-order chi connectivity index (χ1) is 13.5. The van der Waals surface area contributed by atoms with Crippen molar-refractivity contribution in [3.8, 4) is 5.75 Å². The average molecular weight is 388 g/mol. The van der Waals surface area contributed by atoms with E-state index in [-0.39, 0.29) is 18.3 Å². The number of nitrogens with one attached hydrogen (secondary N) is 1. The van der Waals surface area contributed by atoms with Crippen LogP contribution in [0.5, 0.6) is 5.75 Å². The molecule has 2 heterocycles. The van der Waals surface area contributed by atoms with Crippen molar-refractivity contribution in [3.63, 3.8) is 0 Å². The third-order valence-electron chi connectivity index (χ3n) is 4.76. The van der Waals surface area contributed by atoms with Crippen molar-refractivity contribution in [3.05, 3.63) is 29.5 Å². The lowest BCUT2D eigenvalue weighted by molar-refractivity contribution is -0.127. The Balaban J connectivity index is 1.45. The zero-order chi connectivity index (χ0) is 20.1. The monoisotopic (exact) mass is 388 g/mol. The Kier molecular flexibility index (Phi) is 6.18. The number of likely N-dealkylation sites (tertiary alicyclic amines) is 1. The van der Waals surface area contributed by atoms with E-state index >= 15 is 0 Å². The largest absolute Gasteiger partial charge is 0.497 e. The molecule has 8 heteroatoms. The molecule has 2 aromatic rings. The van der Waals surface area contributed by atoms with E-state index in [4.69, 9.17) is 13.9 Å². The average Bonchev–Trinajstić information content (AvgIpc) is 3.26. The maximum Gasteiger partial charge on any atom is 0.375 e. The van der Waals surface area contributed by atoms with Gasteiger partial charge in [-0.3, -0.25) is 9.59 Å². The fraction of sp³-hybridized carbons (Fsp3) is 0.450. The molecular formula is C20H24N2O6. The number of carbonyl (C=O) groups excluding carboxylic acids is 3. The van der Waals surface area contributed by atoms with Crippen molar-refractivity contribution in [1.29, 1.82) is 0 Å². The maximum absolute atomic E-state index is 12.3. The molecule has 1 aliphatic heterocycles. The zero-order valence-corrected chi connectivity index (χ0v) is 16.1. The number of rotatable bonds is 8. The molecule has 3 rings (SSSR count). The SMILES string of the molecule is COc1ccc2oc(C(=O)OCC(=O)NCCCN3CCCC3=O)c(C)c2c1. The van der Waals surface area contributed by atoms with Gasteiger partial charge >= 0.3 is 5.97 Å². The third-order valence-corrected chi connectivity index (χ3v) is 4.76. The van der Waals surface area contributed by atoms with Crippen LogP contribution in [0.15, 0.2) is 22.6 Å². The van der Waals surface area contributed by atoms with E-state index in [1.54, 1.807) is 37.1 Å². The smallest absolute Gasteiger partial charge is 0.375 e. The molecule has 0 radical (unpaired) electrons. The molecule has 0 atom stereocenters. The zero-order valence-electron chi connectivity index (χ0n) is 16.1. The van der Waals surface area contributed by atoms with Crippen LogP contribution in [0.25, 0.3) is 11.0 Å². The molecule has 8 nitrogen and oxygen atoms in total. The lowest BCUT2D eigenvalue weighted by Gasteiger charge is -2.15. The Morgan fingerprint density at radius 3 is 2.86 bits per heavy atom. The summed E-state index contributed by atoms with van der Waals surface area (Å²) in [4.78, 5) is 37.4. The van der Waals surface area contributed by atoms with E-state index in [0.29, 0.717) is 42.8 Å². The summed E-state index contributed by atoms with van der Waals surface area (Å²) in [7, 11) is 1.56. The number of furan rings is 1. The second-order valence-corrected chi connectivity index (χ2v) is 6.68. The molecule has 0 unspecified atom stereocenters. The number of nitrogens with zero attached hydrogens (tertiary/aromatic N) is 1. The minimum atomic E-state index is -0.689. The third kappa shape index (κ3) is 4.44.